The van der Waals surface area contributed by atoms with E-state index in [1.54, 1.807) is 25.6 Å². The fraction of sp³-hybridized carbons (Fsp3) is 0.154. The number of anilines is 1. The van der Waals surface area contributed by atoms with E-state index in [2.05, 4.69) is 10.3 Å². The molecule has 5 nitrogen and oxygen atoms in total. The predicted octanol–water partition coefficient (Wildman–Crippen LogP) is 6.82. The topological polar surface area (TPSA) is 64.4 Å². The van der Waals surface area contributed by atoms with E-state index in [1.165, 1.54) is 0 Å². The third-order valence-corrected chi connectivity index (χ3v) is 5.59. The van der Waals surface area contributed by atoms with Crippen LogP contribution in [0, 0.1) is 13.8 Å². The summed E-state index contributed by atoms with van der Waals surface area (Å²) in [6.07, 6.45) is 4.95. The number of benzene rings is 2. The number of fused-ring (bicyclic) bond motifs is 1. The molecular weight excluding hydrogens is 424 g/mol. The maximum Gasteiger partial charge on any atom is 0.249 e. The van der Waals surface area contributed by atoms with Crippen molar-refractivity contribution in [3.63, 3.8) is 0 Å². The Morgan fingerprint density at radius 1 is 1.16 bits per heavy atom. The predicted molar refractivity (Wildman–Crippen MR) is 129 cm³/mol. The number of furan rings is 1. The highest BCUT2D eigenvalue weighted by molar-refractivity contribution is 6.30. The number of ether oxygens (including phenoxy) is 1. The van der Waals surface area contributed by atoms with Crippen LogP contribution >= 0.6 is 11.6 Å². The molecule has 162 valence electrons. The van der Waals surface area contributed by atoms with E-state index in [4.69, 9.17) is 20.8 Å². The zero-order chi connectivity index (χ0) is 22.8. The lowest BCUT2D eigenvalue weighted by molar-refractivity contribution is -0.111. The van der Waals surface area contributed by atoms with E-state index in [9.17, 15) is 4.79 Å². The van der Waals surface area contributed by atoms with Crippen molar-refractivity contribution in [3.8, 4) is 16.9 Å². The number of nitrogens with zero attached hydrogens (tertiary/aromatic N) is 1. The third kappa shape index (κ3) is 4.25. The standard InChI is InChI=1S/C26H23ClN2O3/c1-15-9-10-28-23(11-15)29-24(30)12-16(2)20-13-21-22(18-5-7-19(27)8-6-18)14-32-26(21)17(3)25(20)31-4/h5-14H,1-4H3,(H,28,29,30)/b16-12+. The number of rotatable bonds is 5. The van der Waals surface area contributed by atoms with Gasteiger partial charge in [0.15, 0.2) is 0 Å². The lowest BCUT2D eigenvalue weighted by Crippen LogP contribution is -2.10. The molecule has 0 saturated heterocycles. The molecule has 0 spiro atoms. The summed E-state index contributed by atoms with van der Waals surface area (Å²) in [5.74, 6) is 0.924. The number of pyridine rings is 1. The number of carbonyl (C=O) groups excluding carboxylic acids is 1. The molecule has 0 fully saturated rings. The van der Waals surface area contributed by atoms with E-state index in [-0.39, 0.29) is 5.91 Å². The van der Waals surface area contributed by atoms with Gasteiger partial charge in [-0.2, -0.15) is 0 Å². The van der Waals surface area contributed by atoms with Crippen LogP contribution in [0.5, 0.6) is 5.75 Å². The van der Waals surface area contributed by atoms with Crippen molar-refractivity contribution >= 4 is 39.9 Å². The molecule has 4 aromatic rings. The molecule has 0 radical (unpaired) electrons. The van der Waals surface area contributed by atoms with Gasteiger partial charge in [0.2, 0.25) is 5.91 Å². The van der Waals surface area contributed by atoms with Crippen LogP contribution in [0.2, 0.25) is 5.02 Å². The molecule has 0 atom stereocenters. The second-order valence-corrected chi connectivity index (χ2v) is 8.09. The second kappa shape index (κ2) is 8.89. The third-order valence-electron chi connectivity index (χ3n) is 5.34. The van der Waals surface area contributed by atoms with Gasteiger partial charge in [-0.1, -0.05) is 23.7 Å². The van der Waals surface area contributed by atoms with Crippen molar-refractivity contribution in [2.24, 2.45) is 0 Å². The minimum atomic E-state index is -0.259. The lowest BCUT2D eigenvalue weighted by atomic mass is 9.96. The Hall–Kier alpha value is -3.57. The van der Waals surface area contributed by atoms with Crippen LogP contribution in [0.1, 0.15) is 23.6 Å². The smallest absolute Gasteiger partial charge is 0.249 e. The average molecular weight is 447 g/mol. The van der Waals surface area contributed by atoms with Crippen molar-refractivity contribution in [2.75, 3.05) is 12.4 Å². The number of halogens is 1. The summed E-state index contributed by atoms with van der Waals surface area (Å²) < 4.78 is 11.6. The molecule has 0 saturated carbocycles. The first kappa shape index (κ1) is 21.7. The molecule has 1 amide bonds. The highest BCUT2D eigenvalue weighted by atomic mass is 35.5. The van der Waals surface area contributed by atoms with Gasteiger partial charge in [-0.3, -0.25) is 4.79 Å². The number of amides is 1. The molecule has 0 aliphatic heterocycles. The normalized spacial score (nSPS) is 11.6. The largest absolute Gasteiger partial charge is 0.496 e. The number of allylic oxidation sites excluding steroid dienone is 1. The van der Waals surface area contributed by atoms with Crippen LogP contribution in [0.25, 0.3) is 27.7 Å². The van der Waals surface area contributed by atoms with Crippen molar-refractivity contribution in [1.29, 1.82) is 0 Å². The molecule has 0 aliphatic carbocycles. The molecule has 0 unspecified atom stereocenters. The Bertz CT molecular complexity index is 1340. The fourth-order valence-corrected chi connectivity index (χ4v) is 3.89. The number of hydrogen-bond acceptors (Lipinski definition) is 4. The van der Waals surface area contributed by atoms with Gasteiger partial charge in [0.1, 0.15) is 17.2 Å². The molecule has 0 aliphatic rings. The molecule has 2 aromatic carbocycles. The van der Waals surface area contributed by atoms with Crippen LogP contribution in [-0.4, -0.2) is 18.0 Å². The van der Waals surface area contributed by atoms with Crippen molar-refractivity contribution in [1.82, 2.24) is 4.98 Å². The van der Waals surface area contributed by atoms with E-state index < -0.39 is 0 Å². The lowest BCUT2D eigenvalue weighted by Gasteiger charge is -2.13. The highest BCUT2D eigenvalue weighted by Crippen LogP contribution is 2.40. The summed E-state index contributed by atoms with van der Waals surface area (Å²) in [4.78, 5) is 16.8. The Kier molecular flexibility index (Phi) is 6.01. The summed E-state index contributed by atoms with van der Waals surface area (Å²) in [5.41, 5.74) is 6.17. The quantitative estimate of drug-likeness (QED) is 0.342. The van der Waals surface area contributed by atoms with Crippen LogP contribution in [0.3, 0.4) is 0 Å². The summed E-state index contributed by atoms with van der Waals surface area (Å²) in [6.45, 7) is 5.78. The summed E-state index contributed by atoms with van der Waals surface area (Å²) >= 11 is 6.05. The zero-order valence-electron chi connectivity index (χ0n) is 18.3. The molecule has 1 N–H and O–H groups in total. The van der Waals surface area contributed by atoms with E-state index in [0.29, 0.717) is 16.6 Å². The Morgan fingerprint density at radius 3 is 2.59 bits per heavy atom. The van der Waals surface area contributed by atoms with Gasteiger partial charge < -0.3 is 14.5 Å². The maximum atomic E-state index is 12.6. The van der Waals surface area contributed by atoms with E-state index >= 15 is 0 Å². The Morgan fingerprint density at radius 2 is 1.91 bits per heavy atom. The first-order valence-electron chi connectivity index (χ1n) is 10.1. The number of methoxy groups -OCH3 is 1. The number of carbonyl (C=O) groups is 1. The summed E-state index contributed by atoms with van der Waals surface area (Å²) in [5, 5.41) is 4.42. The van der Waals surface area contributed by atoms with Crippen LogP contribution in [0.4, 0.5) is 5.82 Å². The molecule has 32 heavy (non-hydrogen) atoms. The fourth-order valence-electron chi connectivity index (χ4n) is 3.77. The van der Waals surface area contributed by atoms with Gasteiger partial charge in [0.05, 0.1) is 13.4 Å². The Balaban J connectivity index is 1.76. The molecule has 6 heteroatoms. The average Bonchev–Trinajstić information content (AvgIpc) is 3.18. The van der Waals surface area contributed by atoms with E-state index in [0.717, 1.165) is 44.4 Å². The first-order chi connectivity index (χ1) is 15.4. The second-order valence-electron chi connectivity index (χ2n) is 7.65. The van der Waals surface area contributed by atoms with E-state index in [1.807, 2.05) is 63.2 Å². The van der Waals surface area contributed by atoms with Crippen molar-refractivity contribution in [3.05, 3.63) is 82.7 Å². The number of aryl methyl sites for hydroxylation is 2. The van der Waals surface area contributed by atoms with Gasteiger partial charge in [-0.15, -0.1) is 0 Å². The minimum Gasteiger partial charge on any atom is -0.496 e. The minimum absolute atomic E-state index is 0.259. The summed E-state index contributed by atoms with van der Waals surface area (Å²) in [7, 11) is 1.62. The molecular formula is C26H23ClN2O3. The number of hydrogen-bond donors (Lipinski definition) is 1. The molecule has 2 aromatic heterocycles. The van der Waals surface area contributed by atoms with Gasteiger partial charge in [-0.05, 0) is 67.8 Å². The highest BCUT2D eigenvalue weighted by Gasteiger charge is 2.19. The SMILES string of the molecule is COc1c(/C(C)=C/C(=O)Nc2cc(C)ccn2)cc2c(-c3ccc(Cl)cc3)coc2c1C. The van der Waals surface area contributed by atoms with Gasteiger partial charge in [0.25, 0.3) is 0 Å². The van der Waals surface area contributed by atoms with Crippen LogP contribution < -0.4 is 10.1 Å². The number of aromatic nitrogens is 1. The summed E-state index contributed by atoms with van der Waals surface area (Å²) in [6, 6.07) is 13.3. The molecule has 4 rings (SSSR count). The van der Waals surface area contributed by atoms with Crippen molar-refractivity contribution in [2.45, 2.75) is 20.8 Å². The number of nitrogens with one attached hydrogen (secondary N) is 1. The molecule has 2 heterocycles. The van der Waals surface area contributed by atoms with Gasteiger partial charge >= 0.3 is 0 Å². The zero-order valence-corrected chi connectivity index (χ0v) is 19.1. The van der Waals surface area contributed by atoms with Crippen molar-refractivity contribution < 1.29 is 13.9 Å². The monoisotopic (exact) mass is 446 g/mol. The maximum absolute atomic E-state index is 12.6. The Labute approximate surface area is 191 Å². The van der Waals surface area contributed by atoms with Crippen LogP contribution in [-0.2, 0) is 4.79 Å². The molecule has 0 bridgehead atoms. The van der Waals surface area contributed by atoms with Crippen LogP contribution in [0.15, 0.2) is 65.4 Å². The first-order valence-corrected chi connectivity index (χ1v) is 10.5. The van der Waals surface area contributed by atoms with Gasteiger partial charge in [0, 0.05) is 39.4 Å². The van der Waals surface area contributed by atoms with Gasteiger partial charge in [-0.25, -0.2) is 4.98 Å².